The minimum atomic E-state index is -1.12. The van der Waals surface area contributed by atoms with Crippen molar-refractivity contribution >= 4 is 5.96 Å². The summed E-state index contributed by atoms with van der Waals surface area (Å²) in [6.45, 7) is 8.51. The minimum absolute atomic E-state index is 0.285. The molecule has 0 bridgehead atoms. The van der Waals surface area contributed by atoms with Crippen LogP contribution in [0.3, 0.4) is 0 Å². The van der Waals surface area contributed by atoms with E-state index in [1.807, 2.05) is 26.0 Å². The number of ether oxygens (including phenoxy) is 1. The topological polar surface area (TPSA) is 79.0 Å². The maximum atomic E-state index is 10.6. The molecule has 3 N–H and O–H groups in total. The first-order valence-electron chi connectivity index (χ1n) is 9.00. The van der Waals surface area contributed by atoms with E-state index in [1.165, 1.54) is 0 Å². The van der Waals surface area contributed by atoms with Gasteiger partial charge in [-0.3, -0.25) is 0 Å². The highest BCUT2D eigenvalue weighted by Gasteiger charge is 2.26. The Labute approximate surface area is 155 Å². The quantitative estimate of drug-likeness (QED) is 0.474. The number of nitrogens with zero attached hydrogens (tertiary/aromatic N) is 1. The highest BCUT2D eigenvalue weighted by molar-refractivity contribution is 5.79. The summed E-state index contributed by atoms with van der Waals surface area (Å²) in [5.74, 6) is 1.16. The normalized spacial score (nSPS) is 14.1. The lowest BCUT2D eigenvalue weighted by Gasteiger charge is -2.22. The molecule has 1 aromatic heterocycles. The van der Waals surface area contributed by atoms with Crippen molar-refractivity contribution in [1.29, 1.82) is 0 Å². The van der Waals surface area contributed by atoms with Gasteiger partial charge >= 0.3 is 0 Å². The fourth-order valence-electron chi connectivity index (χ4n) is 2.50. The molecule has 0 fully saturated rings. The molecule has 0 saturated carbocycles. The van der Waals surface area contributed by atoms with Gasteiger partial charge < -0.3 is 24.9 Å². The predicted octanol–water partition coefficient (Wildman–Crippen LogP) is 2.78. The van der Waals surface area contributed by atoms with Crippen LogP contribution in [0.2, 0.25) is 0 Å². The van der Waals surface area contributed by atoms with Crippen LogP contribution in [0.1, 0.15) is 37.7 Å². The molecular weight excluding hydrogens is 330 g/mol. The molecule has 0 radical (unpaired) electrons. The van der Waals surface area contributed by atoms with Crippen molar-refractivity contribution < 1.29 is 14.3 Å². The second-order valence-corrected chi connectivity index (χ2v) is 6.21. The molecule has 26 heavy (non-hydrogen) atoms. The molecule has 0 amide bonds. The summed E-state index contributed by atoms with van der Waals surface area (Å²) in [7, 11) is 0. The molecule has 6 heteroatoms. The summed E-state index contributed by atoms with van der Waals surface area (Å²) in [6.07, 6.45) is 1.55. The third kappa shape index (κ3) is 5.89. The maximum Gasteiger partial charge on any atom is 0.191 e. The van der Waals surface area contributed by atoms with E-state index in [9.17, 15) is 5.11 Å². The van der Waals surface area contributed by atoms with Crippen molar-refractivity contribution in [3.63, 3.8) is 0 Å². The monoisotopic (exact) mass is 359 g/mol. The molecule has 2 aromatic rings. The number of aliphatic imine (C=N–C) groups is 1. The van der Waals surface area contributed by atoms with E-state index in [-0.39, 0.29) is 6.54 Å². The van der Waals surface area contributed by atoms with E-state index in [0.29, 0.717) is 31.5 Å². The third-order valence-electron chi connectivity index (χ3n) is 3.98. The first kappa shape index (κ1) is 20.0. The van der Waals surface area contributed by atoms with E-state index in [4.69, 9.17) is 9.15 Å². The summed E-state index contributed by atoms with van der Waals surface area (Å²) in [5.41, 5.74) is 1.14. The second kappa shape index (κ2) is 9.99. The van der Waals surface area contributed by atoms with Crippen molar-refractivity contribution in [3.05, 3.63) is 59.5 Å². The highest BCUT2D eigenvalue weighted by atomic mass is 16.5. The Hall–Kier alpha value is -2.31. The minimum Gasteiger partial charge on any atom is -0.466 e. The van der Waals surface area contributed by atoms with Gasteiger partial charge in [-0.05, 0) is 44.0 Å². The van der Waals surface area contributed by atoms with E-state index < -0.39 is 5.60 Å². The Morgan fingerprint density at radius 1 is 1.15 bits per heavy atom. The Morgan fingerprint density at radius 3 is 2.58 bits per heavy atom. The first-order valence-corrected chi connectivity index (χ1v) is 9.00. The Balaban J connectivity index is 2.03. The molecule has 1 heterocycles. The van der Waals surface area contributed by atoms with Crippen molar-refractivity contribution in [2.75, 3.05) is 19.7 Å². The molecule has 0 saturated heterocycles. The smallest absolute Gasteiger partial charge is 0.191 e. The molecule has 0 aliphatic rings. The van der Waals surface area contributed by atoms with Crippen LogP contribution in [0.5, 0.6) is 0 Å². The van der Waals surface area contributed by atoms with Crippen LogP contribution in [0, 0.1) is 0 Å². The molecule has 1 unspecified atom stereocenters. The Kier molecular flexibility index (Phi) is 7.69. The van der Waals surface area contributed by atoms with E-state index >= 15 is 0 Å². The number of furan rings is 1. The first-order chi connectivity index (χ1) is 12.6. The van der Waals surface area contributed by atoms with Crippen molar-refractivity contribution in [1.82, 2.24) is 10.6 Å². The number of benzene rings is 1. The number of aliphatic hydroxyl groups is 1. The molecule has 6 nitrogen and oxygen atoms in total. The molecule has 0 aliphatic heterocycles. The molecule has 1 atom stereocenters. The molecular formula is C20H29N3O3. The Morgan fingerprint density at radius 2 is 1.92 bits per heavy atom. The summed E-state index contributed by atoms with van der Waals surface area (Å²) < 4.78 is 10.8. The van der Waals surface area contributed by atoms with Gasteiger partial charge in [-0.1, -0.05) is 24.3 Å². The van der Waals surface area contributed by atoms with E-state index in [2.05, 4.69) is 27.8 Å². The maximum absolute atomic E-state index is 10.6. The predicted molar refractivity (Wildman–Crippen MR) is 103 cm³/mol. The van der Waals surface area contributed by atoms with Gasteiger partial charge in [0, 0.05) is 13.2 Å². The van der Waals surface area contributed by atoms with Crippen LogP contribution >= 0.6 is 0 Å². The van der Waals surface area contributed by atoms with Crippen molar-refractivity contribution in [2.24, 2.45) is 4.99 Å². The second-order valence-electron chi connectivity index (χ2n) is 6.21. The van der Waals surface area contributed by atoms with Gasteiger partial charge in [0.1, 0.15) is 11.4 Å². The van der Waals surface area contributed by atoms with Gasteiger partial charge in [0.25, 0.3) is 0 Å². The molecule has 0 aliphatic carbocycles. The number of nitrogens with one attached hydrogen (secondary N) is 2. The number of rotatable bonds is 9. The van der Waals surface area contributed by atoms with Crippen LogP contribution in [0.25, 0.3) is 0 Å². The van der Waals surface area contributed by atoms with Crippen LogP contribution in [-0.4, -0.2) is 30.8 Å². The summed E-state index contributed by atoms with van der Waals surface area (Å²) in [4.78, 5) is 4.63. The lowest BCUT2D eigenvalue weighted by molar-refractivity contribution is 0.0386. The van der Waals surface area contributed by atoms with Crippen LogP contribution in [0.4, 0.5) is 0 Å². The standard InChI is InChI=1S/C20H29N3O3/c1-4-21-19(23-15-20(3,24)18-11-8-12-26-18)22-13-16-9-6-7-10-17(16)14-25-5-2/h6-12,24H,4-5,13-15H2,1-3H3,(H2,21,22,23). The van der Waals surface area contributed by atoms with Gasteiger partial charge in [0.2, 0.25) is 0 Å². The lowest BCUT2D eigenvalue weighted by atomic mass is 10.0. The average Bonchev–Trinajstić information content (AvgIpc) is 3.19. The number of guanidine groups is 1. The zero-order valence-electron chi connectivity index (χ0n) is 15.8. The number of hydrogen-bond donors (Lipinski definition) is 3. The van der Waals surface area contributed by atoms with Crippen molar-refractivity contribution in [2.45, 2.75) is 39.5 Å². The van der Waals surface area contributed by atoms with E-state index in [1.54, 1.807) is 25.3 Å². The fourth-order valence-corrected chi connectivity index (χ4v) is 2.50. The summed E-state index contributed by atoms with van der Waals surface area (Å²) in [6, 6.07) is 11.6. The summed E-state index contributed by atoms with van der Waals surface area (Å²) >= 11 is 0. The zero-order valence-corrected chi connectivity index (χ0v) is 15.8. The summed E-state index contributed by atoms with van der Waals surface area (Å²) in [5, 5.41) is 16.9. The fraction of sp³-hybridized carbons (Fsp3) is 0.450. The van der Waals surface area contributed by atoms with Crippen LogP contribution in [-0.2, 0) is 23.5 Å². The Bertz CT molecular complexity index is 681. The highest BCUT2D eigenvalue weighted by Crippen LogP contribution is 2.19. The lowest BCUT2D eigenvalue weighted by Crippen LogP contribution is -2.44. The molecule has 0 spiro atoms. The van der Waals surface area contributed by atoms with Crippen LogP contribution < -0.4 is 10.6 Å². The van der Waals surface area contributed by atoms with Crippen LogP contribution in [0.15, 0.2) is 52.1 Å². The largest absolute Gasteiger partial charge is 0.466 e. The third-order valence-corrected chi connectivity index (χ3v) is 3.98. The van der Waals surface area contributed by atoms with Gasteiger partial charge in [-0.15, -0.1) is 0 Å². The molecule has 1 aromatic carbocycles. The molecule has 2 rings (SSSR count). The SMILES string of the molecule is CCNC(=NCc1ccccc1COCC)NCC(C)(O)c1ccco1. The van der Waals surface area contributed by atoms with Crippen molar-refractivity contribution in [3.8, 4) is 0 Å². The zero-order chi connectivity index (χ0) is 18.8. The van der Waals surface area contributed by atoms with Gasteiger partial charge in [-0.25, -0.2) is 4.99 Å². The van der Waals surface area contributed by atoms with Gasteiger partial charge in [0.15, 0.2) is 5.96 Å². The van der Waals surface area contributed by atoms with Gasteiger partial charge in [-0.2, -0.15) is 0 Å². The van der Waals surface area contributed by atoms with Gasteiger partial charge in [0.05, 0.1) is 26.0 Å². The van der Waals surface area contributed by atoms with E-state index in [0.717, 1.165) is 17.7 Å². The molecule has 142 valence electrons. The average molecular weight is 359 g/mol. The number of hydrogen-bond acceptors (Lipinski definition) is 4.